The molecule has 4 saturated heterocycles. The van der Waals surface area contributed by atoms with Gasteiger partial charge in [0.2, 0.25) is 5.88 Å². The predicted octanol–water partition coefficient (Wildman–Crippen LogP) is 5.37. The van der Waals surface area contributed by atoms with Gasteiger partial charge < -0.3 is 34.4 Å². The summed E-state index contributed by atoms with van der Waals surface area (Å²) in [6.45, 7) is 5.13. The van der Waals surface area contributed by atoms with Crippen LogP contribution >= 0.6 is 0 Å². The van der Waals surface area contributed by atoms with Crippen LogP contribution in [0.1, 0.15) is 56.9 Å². The van der Waals surface area contributed by atoms with Crippen LogP contribution in [0.3, 0.4) is 0 Å². The van der Waals surface area contributed by atoms with E-state index in [4.69, 9.17) is 25.6 Å². The second kappa shape index (κ2) is 14.0. The second-order valence-corrected chi connectivity index (χ2v) is 15.1. The number of anilines is 1. The summed E-state index contributed by atoms with van der Waals surface area (Å²) in [6, 6.07) is 5.45. The molecule has 0 spiro atoms. The Labute approximate surface area is 311 Å². The number of nitrogens with zero attached hydrogens (tertiary/aromatic N) is 6. The molecular weight excluding hydrogens is 696 g/mol. The maximum Gasteiger partial charge on any atom is 0.409 e. The Balaban J connectivity index is 1.07. The molecule has 2 aromatic carbocycles. The molecule has 2 aromatic heterocycles. The molecule has 282 valence electrons. The molecule has 54 heavy (non-hydrogen) atoms. The zero-order chi connectivity index (χ0) is 37.0. The van der Waals surface area contributed by atoms with Gasteiger partial charge in [0.1, 0.15) is 53.8 Å². The van der Waals surface area contributed by atoms with Gasteiger partial charge in [-0.2, -0.15) is 9.97 Å². The Bertz CT molecular complexity index is 2170. The number of phenols is 1. The van der Waals surface area contributed by atoms with Gasteiger partial charge in [-0.15, -0.1) is 6.42 Å². The number of phenolic OH excluding ortho intramolecular Hbond substituents is 1. The van der Waals surface area contributed by atoms with Gasteiger partial charge in [0.15, 0.2) is 5.82 Å². The minimum atomic E-state index is -0.800. The summed E-state index contributed by atoms with van der Waals surface area (Å²) in [5.41, 5.74) is -0.510. The molecule has 5 aliphatic heterocycles. The highest BCUT2D eigenvalue weighted by molar-refractivity contribution is 6.04. The SMILES string of the molecule is C#Cc1c(F)ccc2cc(O)cc(-c3nc4c5c(nc(OC[C@@]67CCCN6[C@H](COC(=O)N6CCCCCC6)CC7)nc5c3F)N3CCNC[C@H]3CO4)c12. The summed E-state index contributed by atoms with van der Waals surface area (Å²) in [5, 5.41) is 15.1. The molecule has 2 N–H and O–H groups in total. The van der Waals surface area contributed by atoms with Crippen LogP contribution in [0.4, 0.5) is 19.4 Å². The molecular formula is C40H43F2N7O5. The number of pyridine rings is 1. The Hall–Kier alpha value is -5.00. The Morgan fingerprint density at radius 3 is 2.74 bits per heavy atom. The first-order valence-corrected chi connectivity index (χ1v) is 19.1. The number of aromatic hydroxyl groups is 1. The number of aromatic nitrogens is 3. The van der Waals surface area contributed by atoms with E-state index < -0.39 is 11.6 Å². The van der Waals surface area contributed by atoms with Crippen molar-refractivity contribution in [3.05, 3.63) is 41.5 Å². The van der Waals surface area contributed by atoms with Crippen molar-refractivity contribution in [2.45, 2.75) is 69.0 Å². The van der Waals surface area contributed by atoms with Crippen molar-refractivity contribution in [3.63, 3.8) is 0 Å². The quantitative estimate of drug-likeness (QED) is 0.248. The largest absolute Gasteiger partial charge is 0.508 e. The third-order valence-electron chi connectivity index (χ3n) is 12.0. The fraction of sp³-hybridized carbons (Fsp3) is 0.500. The van der Waals surface area contributed by atoms with Crippen molar-refractivity contribution in [2.75, 3.05) is 64.0 Å². The number of likely N-dealkylation sites (tertiary alicyclic amines) is 1. The highest BCUT2D eigenvalue weighted by Gasteiger charge is 2.50. The molecule has 12 nitrogen and oxygen atoms in total. The van der Waals surface area contributed by atoms with E-state index in [2.05, 4.69) is 31.0 Å². The lowest BCUT2D eigenvalue weighted by Crippen LogP contribution is -2.53. The van der Waals surface area contributed by atoms with E-state index in [1.165, 1.54) is 24.3 Å². The number of hydrogen-bond acceptors (Lipinski definition) is 11. The molecule has 3 atom stereocenters. The summed E-state index contributed by atoms with van der Waals surface area (Å²) in [5.74, 6) is 1.37. The van der Waals surface area contributed by atoms with Gasteiger partial charge in [-0.05, 0) is 68.7 Å². The average Bonchev–Trinajstić information content (AvgIpc) is 3.55. The van der Waals surface area contributed by atoms with E-state index in [0.717, 1.165) is 71.0 Å². The molecule has 1 amide bonds. The van der Waals surface area contributed by atoms with Crippen LogP contribution in [0.15, 0.2) is 24.3 Å². The highest BCUT2D eigenvalue weighted by Crippen LogP contribution is 2.45. The van der Waals surface area contributed by atoms with Gasteiger partial charge in [-0.25, -0.2) is 18.6 Å². The van der Waals surface area contributed by atoms with Crippen molar-refractivity contribution in [1.29, 1.82) is 0 Å². The summed E-state index contributed by atoms with van der Waals surface area (Å²) in [7, 11) is 0. The predicted molar refractivity (Wildman–Crippen MR) is 198 cm³/mol. The lowest BCUT2D eigenvalue weighted by molar-refractivity contribution is 0.0444. The van der Waals surface area contributed by atoms with Crippen LogP contribution in [-0.2, 0) is 4.74 Å². The summed E-state index contributed by atoms with van der Waals surface area (Å²) in [6.07, 6.45) is 13.4. The van der Waals surface area contributed by atoms with Gasteiger partial charge in [0.25, 0.3) is 0 Å². The summed E-state index contributed by atoms with van der Waals surface area (Å²) >= 11 is 0. The maximum atomic E-state index is 17.1. The minimum absolute atomic E-state index is 0.0204. The highest BCUT2D eigenvalue weighted by atomic mass is 19.1. The molecule has 0 saturated carbocycles. The van der Waals surface area contributed by atoms with Crippen LogP contribution in [0.5, 0.6) is 17.6 Å². The van der Waals surface area contributed by atoms with Gasteiger partial charge in [0.05, 0.1) is 17.1 Å². The number of ether oxygens (including phenoxy) is 3. The topological polar surface area (TPSA) is 125 Å². The van der Waals surface area contributed by atoms with E-state index in [1.807, 2.05) is 4.90 Å². The second-order valence-electron chi connectivity index (χ2n) is 15.1. The number of amides is 1. The molecule has 0 radical (unpaired) electrons. The van der Waals surface area contributed by atoms with Crippen LogP contribution in [0.2, 0.25) is 0 Å². The monoisotopic (exact) mass is 739 g/mol. The van der Waals surface area contributed by atoms with Gasteiger partial charge >= 0.3 is 12.1 Å². The standard InChI is InChI=1S/C40H43F2N7O5/c1-2-28-30(41)9-8-24-18-27(50)19-29(31(24)28)34-33(42)35-32-36(48-17-13-43-20-26(48)22-52-37(32)44-34)46-38(45-35)54-23-40-11-7-16-49(40)25(10-12-40)21-53-39(51)47-14-5-3-4-6-15-47/h1,8-9,18-19,25-26,43,50H,3-7,10-17,20-23H2/t25-,26-,40-/m0/s1. The number of terminal acetylenes is 1. The molecule has 0 bridgehead atoms. The molecule has 14 heteroatoms. The van der Waals surface area contributed by atoms with E-state index in [9.17, 15) is 9.90 Å². The van der Waals surface area contributed by atoms with E-state index in [0.29, 0.717) is 42.8 Å². The number of halogens is 2. The van der Waals surface area contributed by atoms with Crippen LogP contribution in [-0.4, -0.2) is 113 Å². The molecule has 5 aliphatic rings. The average molecular weight is 740 g/mol. The molecule has 0 unspecified atom stereocenters. The number of piperazine rings is 1. The first-order chi connectivity index (χ1) is 26.3. The number of rotatable bonds is 6. The maximum absolute atomic E-state index is 17.1. The molecule has 7 heterocycles. The van der Waals surface area contributed by atoms with Crippen LogP contribution < -0.4 is 19.7 Å². The van der Waals surface area contributed by atoms with Gasteiger partial charge in [0, 0.05) is 49.7 Å². The lowest BCUT2D eigenvalue weighted by Gasteiger charge is -2.36. The van der Waals surface area contributed by atoms with Gasteiger partial charge in [-0.3, -0.25) is 4.90 Å². The molecule has 0 aliphatic carbocycles. The molecule has 4 aromatic rings. The fourth-order valence-electron chi connectivity index (χ4n) is 9.28. The Morgan fingerprint density at radius 2 is 1.91 bits per heavy atom. The van der Waals surface area contributed by atoms with Crippen LogP contribution in [0, 0.1) is 24.0 Å². The third kappa shape index (κ3) is 5.98. The van der Waals surface area contributed by atoms with E-state index in [1.54, 1.807) is 0 Å². The summed E-state index contributed by atoms with van der Waals surface area (Å²) in [4.78, 5) is 33.5. The Morgan fingerprint density at radius 1 is 1.06 bits per heavy atom. The number of carbonyl (C=O) groups excluding carboxylic acids is 1. The smallest absolute Gasteiger partial charge is 0.409 e. The number of hydrogen-bond donors (Lipinski definition) is 2. The van der Waals surface area contributed by atoms with Crippen molar-refractivity contribution in [3.8, 4) is 41.2 Å². The van der Waals surface area contributed by atoms with Crippen molar-refractivity contribution in [2.24, 2.45) is 0 Å². The third-order valence-corrected chi connectivity index (χ3v) is 12.0. The first kappa shape index (κ1) is 34.7. The number of fused-ring (bicyclic) bond motifs is 4. The minimum Gasteiger partial charge on any atom is -0.508 e. The number of carbonyl (C=O) groups is 1. The lowest BCUT2D eigenvalue weighted by atomic mass is 9.95. The van der Waals surface area contributed by atoms with Crippen molar-refractivity contribution >= 4 is 33.6 Å². The normalized spacial score (nSPS) is 24.0. The number of nitrogens with one attached hydrogen (secondary N) is 1. The Kier molecular flexibility index (Phi) is 9.01. The molecule has 9 rings (SSSR count). The van der Waals surface area contributed by atoms with Crippen molar-refractivity contribution < 1.29 is 32.9 Å². The number of benzene rings is 2. The zero-order valence-electron chi connectivity index (χ0n) is 30.1. The van der Waals surface area contributed by atoms with E-state index >= 15 is 8.78 Å². The zero-order valence-corrected chi connectivity index (χ0v) is 30.1. The summed E-state index contributed by atoms with van der Waals surface area (Å²) < 4.78 is 50.8. The van der Waals surface area contributed by atoms with Crippen LogP contribution in [0.25, 0.3) is 32.9 Å². The van der Waals surface area contributed by atoms with Gasteiger partial charge in [-0.1, -0.05) is 24.8 Å². The first-order valence-electron chi connectivity index (χ1n) is 19.1. The molecule has 4 fully saturated rings. The fourth-order valence-corrected chi connectivity index (χ4v) is 9.28. The van der Waals surface area contributed by atoms with Crippen molar-refractivity contribution in [1.82, 2.24) is 30.1 Å². The van der Waals surface area contributed by atoms with E-state index in [-0.39, 0.29) is 82.3 Å².